The molecule has 0 radical (unpaired) electrons. The second-order valence-electron chi connectivity index (χ2n) is 6.75. The molecule has 0 unspecified atom stereocenters. The summed E-state index contributed by atoms with van der Waals surface area (Å²) in [4.78, 5) is 16.3. The number of hydrogen-bond donors (Lipinski definition) is 0. The van der Waals surface area contributed by atoms with Crippen molar-refractivity contribution in [3.63, 3.8) is 0 Å². The number of benzene rings is 2. The van der Waals surface area contributed by atoms with Crippen molar-refractivity contribution in [1.82, 2.24) is 4.57 Å². The normalized spacial score (nSPS) is 11.1. The van der Waals surface area contributed by atoms with Crippen LogP contribution in [0.3, 0.4) is 0 Å². The summed E-state index contributed by atoms with van der Waals surface area (Å²) < 4.78 is 7.00. The first-order chi connectivity index (χ1) is 12.9. The molecule has 0 aliphatic heterocycles. The van der Waals surface area contributed by atoms with Crippen molar-refractivity contribution in [3.05, 3.63) is 82.2 Å². The molecule has 3 rings (SSSR count). The molecular weight excluding hydrogens is 336 g/mol. The summed E-state index contributed by atoms with van der Waals surface area (Å²) in [6.07, 6.45) is 1.88. The maximum atomic E-state index is 11.6. The second-order valence-corrected chi connectivity index (χ2v) is 6.75. The SMILES string of the molecule is COC(=O)c1ccc(N=Cc2cc(C)n(-c3cccc(C)c3)c2C)c(C)c1. The fourth-order valence-corrected chi connectivity index (χ4v) is 3.27. The summed E-state index contributed by atoms with van der Waals surface area (Å²) in [6.45, 7) is 8.24. The predicted octanol–water partition coefficient (Wildman–Crippen LogP) is 5.25. The van der Waals surface area contributed by atoms with Gasteiger partial charge in [-0.25, -0.2) is 4.79 Å². The lowest BCUT2D eigenvalue weighted by atomic mass is 10.1. The Morgan fingerprint density at radius 2 is 1.81 bits per heavy atom. The Morgan fingerprint density at radius 3 is 2.48 bits per heavy atom. The maximum Gasteiger partial charge on any atom is 0.337 e. The summed E-state index contributed by atoms with van der Waals surface area (Å²) in [6, 6.07) is 16.0. The molecule has 0 aliphatic carbocycles. The molecule has 0 aliphatic rings. The number of nitrogens with zero attached hydrogens (tertiary/aromatic N) is 2. The number of aryl methyl sites for hydroxylation is 3. The van der Waals surface area contributed by atoms with E-state index in [1.807, 2.05) is 19.2 Å². The Balaban J connectivity index is 1.93. The summed E-state index contributed by atoms with van der Waals surface area (Å²) >= 11 is 0. The largest absolute Gasteiger partial charge is 0.465 e. The van der Waals surface area contributed by atoms with Crippen molar-refractivity contribution < 1.29 is 9.53 Å². The average molecular weight is 360 g/mol. The molecule has 0 N–H and O–H groups in total. The lowest BCUT2D eigenvalue weighted by molar-refractivity contribution is 0.0600. The molecule has 1 heterocycles. The van der Waals surface area contributed by atoms with Crippen molar-refractivity contribution in [2.24, 2.45) is 4.99 Å². The summed E-state index contributed by atoms with van der Waals surface area (Å²) in [5.74, 6) is -0.338. The van der Waals surface area contributed by atoms with Gasteiger partial charge in [0.2, 0.25) is 0 Å². The van der Waals surface area contributed by atoms with Crippen LogP contribution in [-0.4, -0.2) is 23.9 Å². The number of ether oxygens (including phenoxy) is 1. The number of methoxy groups -OCH3 is 1. The Bertz CT molecular complexity index is 1030. The van der Waals surface area contributed by atoms with Gasteiger partial charge in [-0.05, 0) is 75.2 Å². The molecule has 0 bridgehead atoms. The zero-order valence-electron chi connectivity index (χ0n) is 16.4. The molecule has 0 atom stereocenters. The van der Waals surface area contributed by atoms with E-state index in [0.717, 1.165) is 33.9 Å². The van der Waals surface area contributed by atoms with Crippen molar-refractivity contribution in [1.29, 1.82) is 0 Å². The van der Waals surface area contributed by atoms with Crippen molar-refractivity contribution in [2.45, 2.75) is 27.7 Å². The van der Waals surface area contributed by atoms with Crippen LogP contribution in [-0.2, 0) is 4.74 Å². The summed E-state index contributed by atoms with van der Waals surface area (Å²) in [5.41, 5.74) is 8.07. The Kier molecular flexibility index (Phi) is 5.26. The quantitative estimate of drug-likeness (QED) is 0.471. The molecule has 0 amide bonds. The van der Waals surface area contributed by atoms with Crippen LogP contribution in [0.2, 0.25) is 0 Å². The molecule has 138 valence electrons. The minimum absolute atomic E-state index is 0.338. The number of carbonyl (C=O) groups is 1. The molecular formula is C23H24N2O2. The first-order valence-electron chi connectivity index (χ1n) is 8.89. The highest BCUT2D eigenvalue weighted by molar-refractivity contribution is 5.90. The summed E-state index contributed by atoms with van der Waals surface area (Å²) in [5, 5.41) is 0. The molecule has 27 heavy (non-hydrogen) atoms. The van der Waals surface area contributed by atoms with Crippen LogP contribution in [0.1, 0.15) is 38.4 Å². The van der Waals surface area contributed by atoms with Gasteiger partial charge in [-0.3, -0.25) is 4.99 Å². The fourth-order valence-electron chi connectivity index (χ4n) is 3.27. The zero-order valence-corrected chi connectivity index (χ0v) is 16.4. The third-order valence-electron chi connectivity index (χ3n) is 4.69. The second kappa shape index (κ2) is 7.62. The molecule has 0 saturated heterocycles. The monoisotopic (exact) mass is 360 g/mol. The van der Waals surface area contributed by atoms with Crippen LogP contribution < -0.4 is 0 Å². The Hall–Kier alpha value is -3.14. The minimum Gasteiger partial charge on any atom is -0.465 e. The van der Waals surface area contributed by atoms with Gasteiger partial charge in [0.15, 0.2) is 0 Å². The van der Waals surface area contributed by atoms with Crippen LogP contribution >= 0.6 is 0 Å². The van der Waals surface area contributed by atoms with E-state index in [2.05, 4.69) is 60.7 Å². The van der Waals surface area contributed by atoms with Gasteiger partial charge in [0, 0.05) is 28.9 Å². The van der Waals surface area contributed by atoms with Gasteiger partial charge < -0.3 is 9.30 Å². The van der Waals surface area contributed by atoms with Gasteiger partial charge in [-0.15, -0.1) is 0 Å². The van der Waals surface area contributed by atoms with Crippen molar-refractivity contribution in [2.75, 3.05) is 7.11 Å². The van der Waals surface area contributed by atoms with Gasteiger partial charge in [-0.2, -0.15) is 0 Å². The van der Waals surface area contributed by atoms with Gasteiger partial charge in [0.1, 0.15) is 0 Å². The molecule has 2 aromatic carbocycles. The Morgan fingerprint density at radius 1 is 1.04 bits per heavy atom. The number of aliphatic imine (C=N–C) groups is 1. The lowest BCUT2D eigenvalue weighted by Gasteiger charge is -2.10. The number of esters is 1. The molecule has 0 fully saturated rings. The van der Waals surface area contributed by atoms with Crippen molar-refractivity contribution >= 4 is 17.9 Å². The molecule has 3 aromatic rings. The molecule has 1 aromatic heterocycles. The third-order valence-corrected chi connectivity index (χ3v) is 4.69. The smallest absolute Gasteiger partial charge is 0.337 e. The van der Waals surface area contributed by atoms with Crippen LogP contribution in [0.25, 0.3) is 5.69 Å². The van der Waals surface area contributed by atoms with Crippen LogP contribution in [0.4, 0.5) is 5.69 Å². The van der Waals surface area contributed by atoms with E-state index < -0.39 is 0 Å². The number of hydrogen-bond acceptors (Lipinski definition) is 3. The van der Waals surface area contributed by atoms with E-state index in [-0.39, 0.29) is 5.97 Å². The zero-order chi connectivity index (χ0) is 19.6. The van der Waals surface area contributed by atoms with E-state index in [0.29, 0.717) is 5.56 Å². The number of aromatic nitrogens is 1. The van der Waals surface area contributed by atoms with Gasteiger partial charge in [0.25, 0.3) is 0 Å². The van der Waals surface area contributed by atoms with Crippen molar-refractivity contribution in [3.8, 4) is 5.69 Å². The predicted molar refractivity (Wildman–Crippen MR) is 110 cm³/mol. The standard InChI is InChI=1S/C23H24N2O2/c1-15-7-6-8-21(11-15)25-17(3)13-20(18(25)4)14-24-22-10-9-19(12-16(22)2)23(26)27-5/h6-14H,1-5H3. The van der Waals surface area contributed by atoms with E-state index in [1.54, 1.807) is 12.1 Å². The molecule has 0 spiro atoms. The first kappa shape index (κ1) is 18.6. The Labute approximate surface area is 160 Å². The molecule has 0 saturated carbocycles. The van der Waals surface area contributed by atoms with E-state index >= 15 is 0 Å². The van der Waals surface area contributed by atoms with Gasteiger partial charge in [-0.1, -0.05) is 12.1 Å². The lowest BCUT2D eigenvalue weighted by Crippen LogP contribution is -2.01. The number of rotatable bonds is 4. The maximum absolute atomic E-state index is 11.6. The minimum atomic E-state index is -0.338. The highest BCUT2D eigenvalue weighted by Gasteiger charge is 2.10. The summed E-state index contributed by atoms with van der Waals surface area (Å²) in [7, 11) is 1.38. The molecule has 4 heteroatoms. The number of carbonyl (C=O) groups excluding carboxylic acids is 1. The third kappa shape index (κ3) is 3.85. The highest BCUT2D eigenvalue weighted by Crippen LogP contribution is 2.23. The van der Waals surface area contributed by atoms with E-state index in [1.165, 1.54) is 12.7 Å². The molecule has 4 nitrogen and oxygen atoms in total. The van der Waals surface area contributed by atoms with E-state index in [4.69, 9.17) is 4.74 Å². The van der Waals surface area contributed by atoms with Gasteiger partial charge in [0.05, 0.1) is 18.4 Å². The van der Waals surface area contributed by atoms with Gasteiger partial charge >= 0.3 is 5.97 Å². The first-order valence-corrected chi connectivity index (χ1v) is 8.89. The van der Waals surface area contributed by atoms with E-state index in [9.17, 15) is 4.79 Å². The van der Waals surface area contributed by atoms with Crippen LogP contribution in [0.5, 0.6) is 0 Å². The van der Waals surface area contributed by atoms with Crippen LogP contribution in [0.15, 0.2) is 53.5 Å². The topological polar surface area (TPSA) is 43.6 Å². The average Bonchev–Trinajstić information content (AvgIpc) is 2.93. The fraction of sp³-hybridized carbons (Fsp3) is 0.217. The van der Waals surface area contributed by atoms with Crippen LogP contribution in [0, 0.1) is 27.7 Å². The highest BCUT2D eigenvalue weighted by atomic mass is 16.5.